The van der Waals surface area contributed by atoms with Crippen molar-refractivity contribution < 1.29 is 14.6 Å². The van der Waals surface area contributed by atoms with Crippen LogP contribution in [0.2, 0.25) is 10.0 Å². The minimum absolute atomic E-state index is 0.176. The zero-order chi connectivity index (χ0) is 20.1. The van der Waals surface area contributed by atoms with Gasteiger partial charge in [-0.25, -0.2) is 0 Å². The van der Waals surface area contributed by atoms with Crippen LogP contribution in [0.3, 0.4) is 0 Å². The Morgan fingerprint density at radius 3 is 2.54 bits per heavy atom. The average molecular weight is 416 g/mol. The van der Waals surface area contributed by atoms with E-state index >= 15 is 0 Å². The van der Waals surface area contributed by atoms with Crippen molar-refractivity contribution in [1.82, 2.24) is 0 Å². The molecule has 3 rings (SSSR count). The predicted octanol–water partition coefficient (Wildman–Crippen LogP) is 5.40. The zero-order valence-electron chi connectivity index (χ0n) is 15.2. The van der Waals surface area contributed by atoms with Gasteiger partial charge in [0.15, 0.2) is 6.61 Å². The summed E-state index contributed by atoms with van der Waals surface area (Å²) in [6.45, 7) is 1.69. The van der Waals surface area contributed by atoms with E-state index in [4.69, 9.17) is 27.9 Å². The fraction of sp³-hybridized carbons (Fsp3) is 0.136. The summed E-state index contributed by atoms with van der Waals surface area (Å²) >= 11 is 12.1. The molecule has 28 heavy (non-hydrogen) atoms. The van der Waals surface area contributed by atoms with Gasteiger partial charge in [-0.15, -0.1) is 0 Å². The molecule has 1 atom stereocenters. The number of rotatable bonds is 6. The lowest BCUT2D eigenvalue weighted by Gasteiger charge is -2.17. The molecule has 0 spiro atoms. The molecule has 0 fully saturated rings. The second-order valence-electron chi connectivity index (χ2n) is 6.29. The van der Waals surface area contributed by atoms with E-state index in [9.17, 15) is 9.90 Å². The molecule has 0 saturated heterocycles. The lowest BCUT2D eigenvalue weighted by Crippen LogP contribution is -2.21. The third-order valence-corrected chi connectivity index (χ3v) is 4.86. The molecule has 3 aromatic carbocycles. The van der Waals surface area contributed by atoms with Crippen molar-refractivity contribution in [2.75, 3.05) is 11.9 Å². The molecule has 0 heterocycles. The quantitative estimate of drug-likeness (QED) is 0.566. The number of aliphatic hydroxyl groups is 1. The molecule has 0 saturated carbocycles. The number of carbonyl (C=O) groups is 1. The summed E-state index contributed by atoms with van der Waals surface area (Å²) in [6.07, 6.45) is -0.921. The van der Waals surface area contributed by atoms with Gasteiger partial charge in [-0.05, 0) is 54.4 Å². The van der Waals surface area contributed by atoms with Crippen LogP contribution in [-0.4, -0.2) is 17.6 Å². The van der Waals surface area contributed by atoms with Gasteiger partial charge in [0.05, 0.1) is 0 Å². The van der Waals surface area contributed by atoms with E-state index in [2.05, 4.69) is 5.32 Å². The standard InChI is InChI=1S/C22H19Cl2NO3/c1-14-11-17(8-9-19(14)24)28-13-21(26)25-20-10-7-16(23)12-18(20)22(27)15-5-3-2-4-6-15/h2-12,22,27H,13H2,1H3,(H,25,26). The van der Waals surface area contributed by atoms with E-state index in [0.29, 0.717) is 32.6 Å². The van der Waals surface area contributed by atoms with E-state index in [1.165, 1.54) is 0 Å². The Hall–Kier alpha value is -2.53. The summed E-state index contributed by atoms with van der Waals surface area (Å²) in [5, 5.41) is 14.6. The van der Waals surface area contributed by atoms with Gasteiger partial charge in [-0.2, -0.15) is 0 Å². The van der Waals surface area contributed by atoms with Gasteiger partial charge < -0.3 is 15.2 Å². The van der Waals surface area contributed by atoms with Crippen LogP contribution >= 0.6 is 23.2 Å². The molecule has 6 heteroatoms. The lowest BCUT2D eigenvalue weighted by atomic mass is 10.00. The Morgan fingerprint density at radius 1 is 1.07 bits per heavy atom. The van der Waals surface area contributed by atoms with E-state index in [1.54, 1.807) is 36.4 Å². The van der Waals surface area contributed by atoms with Crippen molar-refractivity contribution in [3.63, 3.8) is 0 Å². The van der Waals surface area contributed by atoms with Crippen molar-refractivity contribution in [3.05, 3.63) is 93.5 Å². The monoisotopic (exact) mass is 415 g/mol. The second kappa shape index (κ2) is 9.11. The first-order chi connectivity index (χ1) is 13.4. The normalized spacial score (nSPS) is 11.7. The Labute approximate surface area is 173 Å². The van der Waals surface area contributed by atoms with Crippen LogP contribution in [0.4, 0.5) is 5.69 Å². The molecule has 0 aliphatic rings. The Morgan fingerprint density at radius 2 is 1.82 bits per heavy atom. The van der Waals surface area contributed by atoms with Crippen LogP contribution in [0.15, 0.2) is 66.7 Å². The maximum Gasteiger partial charge on any atom is 0.262 e. The number of aliphatic hydroxyl groups excluding tert-OH is 1. The van der Waals surface area contributed by atoms with Gasteiger partial charge in [-0.1, -0.05) is 53.5 Å². The second-order valence-corrected chi connectivity index (χ2v) is 7.14. The van der Waals surface area contributed by atoms with Gasteiger partial charge in [0.1, 0.15) is 11.9 Å². The minimum atomic E-state index is -0.921. The number of halogens is 2. The minimum Gasteiger partial charge on any atom is -0.484 e. The third kappa shape index (κ3) is 5.04. The fourth-order valence-corrected chi connectivity index (χ4v) is 3.03. The molecule has 1 amide bonds. The smallest absolute Gasteiger partial charge is 0.262 e. The molecule has 144 valence electrons. The van der Waals surface area contributed by atoms with E-state index in [-0.39, 0.29) is 12.5 Å². The first kappa shape index (κ1) is 20.2. The highest BCUT2D eigenvalue weighted by Crippen LogP contribution is 2.31. The van der Waals surface area contributed by atoms with Gasteiger partial charge in [-0.3, -0.25) is 4.79 Å². The summed E-state index contributed by atoms with van der Waals surface area (Å²) < 4.78 is 5.53. The maximum absolute atomic E-state index is 12.4. The van der Waals surface area contributed by atoms with Gasteiger partial charge >= 0.3 is 0 Å². The Kier molecular flexibility index (Phi) is 6.57. The molecule has 0 aliphatic carbocycles. The largest absolute Gasteiger partial charge is 0.484 e. The van der Waals surface area contributed by atoms with Crippen molar-refractivity contribution >= 4 is 34.8 Å². The first-order valence-electron chi connectivity index (χ1n) is 8.65. The summed E-state index contributed by atoms with van der Waals surface area (Å²) in [6, 6.07) is 19.3. The van der Waals surface area contributed by atoms with E-state index < -0.39 is 6.10 Å². The zero-order valence-corrected chi connectivity index (χ0v) is 16.7. The number of anilines is 1. The van der Waals surface area contributed by atoms with Crippen molar-refractivity contribution in [2.24, 2.45) is 0 Å². The number of carbonyl (C=O) groups excluding carboxylic acids is 1. The molecule has 0 bridgehead atoms. The Balaban J connectivity index is 1.72. The van der Waals surface area contributed by atoms with Crippen molar-refractivity contribution in [1.29, 1.82) is 0 Å². The summed E-state index contributed by atoms with van der Waals surface area (Å²) in [5.41, 5.74) is 2.55. The van der Waals surface area contributed by atoms with Crippen LogP contribution in [0.1, 0.15) is 22.8 Å². The first-order valence-corrected chi connectivity index (χ1v) is 9.41. The SMILES string of the molecule is Cc1cc(OCC(=O)Nc2ccc(Cl)cc2C(O)c2ccccc2)ccc1Cl. The molecule has 1 unspecified atom stereocenters. The van der Waals surface area contributed by atoms with Crippen LogP contribution in [0.25, 0.3) is 0 Å². The molecule has 2 N–H and O–H groups in total. The van der Waals surface area contributed by atoms with Gasteiger partial charge in [0.25, 0.3) is 5.91 Å². The number of hydrogen-bond donors (Lipinski definition) is 2. The number of ether oxygens (including phenoxy) is 1. The van der Waals surface area contributed by atoms with Crippen molar-refractivity contribution in [3.8, 4) is 5.75 Å². The molecular weight excluding hydrogens is 397 g/mol. The number of amides is 1. The van der Waals surface area contributed by atoms with Crippen LogP contribution in [-0.2, 0) is 4.79 Å². The number of benzene rings is 3. The van der Waals surface area contributed by atoms with E-state index in [1.807, 2.05) is 37.3 Å². The highest BCUT2D eigenvalue weighted by atomic mass is 35.5. The lowest BCUT2D eigenvalue weighted by molar-refractivity contribution is -0.118. The summed E-state index contributed by atoms with van der Waals surface area (Å²) in [5.74, 6) is 0.203. The highest BCUT2D eigenvalue weighted by Gasteiger charge is 2.17. The number of hydrogen-bond acceptors (Lipinski definition) is 3. The molecule has 0 aromatic heterocycles. The summed E-state index contributed by atoms with van der Waals surface area (Å²) in [7, 11) is 0. The van der Waals surface area contributed by atoms with Crippen LogP contribution in [0, 0.1) is 6.92 Å². The fourth-order valence-electron chi connectivity index (χ4n) is 2.73. The van der Waals surface area contributed by atoms with Gasteiger partial charge in [0, 0.05) is 21.3 Å². The number of aryl methyl sites for hydroxylation is 1. The number of nitrogens with one attached hydrogen (secondary N) is 1. The Bertz CT molecular complexity index is 977. The molecule has 4 nitrogen and oxygen atoms in total. The van der Waals surface area contributed by atoms with Crippen LogP contribution in [0.5, 0.6) is 5.75 Å². The summed E-state index contributed by atoms with van der Waals surface area (Å²) in [4.78, 5) is 12.4. The van der Waals surface area contributed by atoms with Crippen molar-refractivity contribution in [2.45, 2.75) is 13.0 Å². The topological polar surface area (TPSA) is 58.6 Å². The van der Waals surface area contributed by atoms with Crippen LogP contribution < -0.4 is 10.1 Å². The van der Waals surface area contributed by atoms with Gasteiger partial charge in [0.2, 0.25) is 0 Å². The molecule has 0 aliphatic heterocycles. The maximum atomic E-state index is 12.4. The van der Waals surface area contributed by atoms with E-state index in [0.717, 1.165) is 5.56 Å². The predicted molar refractivity (Wildman–Crippen MR) is 112 cm³/mol. The average Bonchev–Trinajstić information content (AvgIpc) is 2.70. The molecular formula is C22H19Cl2NO3. The highest BCUT2D eigenvalue weighted by molar-refractivity contribution is 6.31. The molecule has 3 aromatic rings. The molecule has 0 radical (unpaired) electrons. The third-order valence-electron chi connectivity index (χ3n) is 4.20.